The third-order valence-corrected chi connectivity index (χ3v) is 6.07. The molecule has 142 valence electrons. The summed E-state index contributed by atoms with van der Waals surface area (Å²) in [6.45, 7) is 2.73. The molecule has 1 aliphatic heterocycles. The first-order chi connectivity index (χ1) is 13.7. The van der Waals surface area contributed by atoms with Gasteiger partial charge in [0.05, 0.1) is 5.41 Å². The van der Waals surface area contributed by atoms with Gasteiger partial charge in [0.25, 0.3) is 0 Å². The largest absolute Gasteiger partial charge is 0.338 e. The Labute approximate surface area is 164 Å². The Kier molecular flexibility index (Phi) is 4.04. The van der Waals surface area contributed by atoms with E-state index in [1.807, 2.05) is 35.2 Å². The van der Waals surface area contributed by atoms with Crippen molar-refractivity contribution in [2.24, 2.45) is 0 Å². The van der Waals surface area contributed by atoms with Gasteiger partial charge in [0.1, 0.15) is 0 Å². The topological polar surface area (TPSA) is 59.2 Å². The molecule has 1 saturated heterocycles. The molecular weight excluding hydrogens is 350 g/mol. The highest BCUT2D eigenvalue weighted by Gasteiger charge is 2.51. The molecule has 5 heteroatoms. The van der Waals surface area contributed by atoms with Gasteiger partial charge in [0.2, 0.25) is 11.8 Å². The summed E-state index contributed by atoms with van der Waals surface area (Å²) < 4.78 is 5.67. The van der Waals surface area contributed by atoms with Crippen molar-refractivity contribution in [3.05, 3.63) is 77.4 Å². The highest BCUT2D eigenvalue weighted by molar-refractivity contribution is 5.96. The number of carbonyl (C=O) groups is 1. The molecule has 2 aliphatic rings. The van der Waals surface area contributed by atoms with Gasteiger partial charge in [-0.1, -0.05) is 54.5 Å². The van der Waals surface area contributed by atoms with Crippen molar-refractivity contribution >= 4 is 11.6 Å². The van der Waals surface area contributed by atoms with Crippen LogP contribution in [0.1, 0.15) is 54.9 Å². The zero-order valence-corrected chi connectivity index (χ0v) is 16.0. The number of nitrogens with zero attached hydrogens (tertiary/aromatic N) is 3. The predicted molar refractivity (Wildman–Crippen MR) is 106 cm³/mol. The van der Waals surface area contributed by atoms with Gasteiger partial charge in [-0.2, -0.15) is 4.98 Å². The highest BCUT2D eigenvalue weighted by atomic mass is 16.5. The Bertz CT molecular complexity index is 990. The van der Waals surface area contributed by atoms with E-state index < -0.39 is 0 Å². The van der Waals surface area contributed by atoms with Crippen LogP contribution in [0.3, 0.4) is 0 Å². The third-order valence-electron chi connectivity index (χ3n) is 6.07. The second-order valence-corrected chi connectivity index (χ2v) is 7.83. The Hall–Kier alpha value is -2.95. The van der Waals surface area contributed by atoms with Crippen molar-refractivity contribution < 1.29 is 9.32 Å². The van der Waals surface area contributed by atoms with Crippen molar-refractivity contribution in [3.63, 3.8) is 0 Å². The minimum Gasteiger partial charge on any atom is -0.338 e. The van der Waals surface area contributed by atoms with Gasteiger partial charge in [0, 0.05) is 24.6 Å². The molecule has 0 radical (unpaired) electrons. The minimum atomic E-state index is -0.134. The maximum Gasteiger partial charge on any atom is 0.237 e. The fourth-order valence-electron chi connectivity index (χ4n) is 4.14. The van der Waals surface area contributed by atoms with Crippen LogP contribution >= 0.6 is 0 Å². The lowest BCUT2D eigenvalue weighted by Gasteiger charge is -2.16. The summed E-state index contributed by atoms with van der Waals surface area (Å²) in [4.78, 5) is 19.2. The van der Waals surface area contributed by atoms with Gasteiger partial charge < -0.3 is 9.42 Å². The van der Waals surface area contributed by atoms with Gasteiger partial charge in [-0.05, 0) is 42.5 Å². The van der Waals surface area contributed by atoms with Crippen molar-refractivity contribution in [1.82, 2.24) is 10.1 Å². The average Bonchev–Trinajstić information content (AvgIpc) is 3.23. The first kappa shape index (κ1) is 17.2. The summed E-state index contributed by atoms with van der Waals surface area (Å²) in [7, 11) is 0. The van der Waals surface area contributed by atoms with Crippen LogP contribution in [-0.2, 0) is 16.6 Å². The van der Waals surface area contributed by atoms with Crippen LogP contribution in [0.2, 0.25) is 0 Å². The van der Waals surface area contributed by atoms with E-state index in [9.17, 15) is 4.79 Å². The molecule has 2 heterocycles. The van der Waals surface area contributed by atoms with Gasteiger partial charge >= 0.3 is 0 Å². The number of hydrogen-bond donors (Lipinski definition) is 0. The molecule has 5 rings (SSSR count). The van der Waals surface area contributed by atoms with Gasteiger partial charge in [-0.25, -0.2) is 0 Å². The van der Waals surface area contributed by atoms with Crippen molar-refractivity contribution in [2.45, 2.75) is 43.9 Å². The normalized spacial score (nSPS) is 20.5. The number of aromatic nitrogens is 2. The standard InChI is InChI=1S/C23H23N3O2/c1-2-16-8-10-19(11-9-16)26-15-17(14-20(26)27)21-24-22(28-25-21)23(12-13-23)18-6-4-3-5-7-18/h3-11,17H,2,12-15H2,1H3. The summed E-state index contributed by atoms with van der Waals surface area (Å²) >= 11 is 0. The molecule has 1 aromatic heterocycles. The Balaban J connectivity index is 1.36. The zero-order chi connectivity index (χ0) is 19.1. The average molecular weight is 373 g/mol. The lowest BCUT2D eigenvalue weighted by Crippen LogP contribution is -2.24. The molecule has 1 saturated carbocycles. The van der Waals surface area contributed by atoms with Crippen LogP contribution in [0.4, 0.5) is 5.69 Å². The van der Waals surface area contributed by atoms with Crippen LogP contribution < -0.4 is 4.90 Å². The van der Waals surface area contributed by atoms with E-state index in [2.05, 4.69) is 36.3 Å². The second kappa shape index (κ2) is 6.59. The smallest absolute Gasteiger partial charge is 0.237 e. The van der Waals surface area contributed by atoms with Gasteiger partial charge in [-0.15, -0.1) is 0 Å². The molecule has 5 nitrogen and oxygen atoms in total. The number of carbonyl (C=O) groups excluding carboxylic acids is 1. The number of rotatable bonds is 5. The molecule has 28 heavy (non-hydrogen) atoms. The first-order valence-corrected chi connectivity index (χ1v) is 9.98. The molecule has 1 amide bonds. The minimum absolute atomic E-state index is 0.0255. The number of benzene rings is 2. The molecule has 2 fully saturated rings. The maximum atomic E-state index is 12.6. The number of aryl methyl sites for hydroxylation is 1. The van der Waals surface area contributed by atoms with E-state index in [-0.39, 0.29) is 17.2 Å². The third kappa shape index (κ3) is 2.82. The van der Waals surface area contributed by atoms with Crippen molar-refractivity contribution in [1.29, 1.82) is 0 Å². The fraction of sp³-hybridized carbons (Fsp3) is 0.348. The molecule has 1 aliphatic carbocycles. The molecule has 2 aromatic carbocycles. The SMILES string of the molecule is CCc1ccc(N2CC(c3noc(C4(c5ccccc5)CC4)n3)CC2=O)cc1. The Morgan fingerprint density at radius 3 is 2.54 bits per heavy atom. The van der Waals surface area contributed by atoms with Crippen LogP contribution in [0.5, 0.6) is 0 Å². The summed E-state index contributed by atoms with van der Waals surface area (Å²) in [6.07, 6.45) is 3.47. The molecule has 3 aromatic rings. The van der Waals surface area contributed by atoms with Gasteiger partial charge in [0.15, 0.2) is 5.82 Å². The quantitative estimate of drug-likeness (QED) is 0.671. The molecule has 1 unspecified atom stereocenters. The molecule has 0 bridgehead atoms. The maximum absolute atomic E-state index is 12.6. The van der Waals surface area contributed by atoms with E-state index in [0.717, 1.165) is 24.9 Å². The Morgan fingerprint density at radius 2 is 1.86 bits per heavy atom. The number of amides is 1. The zero-order valence-electron chi connectivity index (χ0n) is 16.0. The summed E-state index contributed by atoms with van der Waals surface area (Å²) in [5.74, 6) is 1.43. The van der Waals surface area contributed by atoms with Crippen LogP contribution in [-0.4, -0.2) is 22.6 Å². The molecule has 0 N–H and O–H groups in total. The number of anilines is 1. The van der Waals surface area contributed by atoms with E-state index in [4.69, 9.17) is 9.51 Å². The van der Waals surface area contributed by atoms with E-state index >= 15 is 0 Å². The van der Waals surface area contributed by atoms with Crippen molar-refractivity contribution in [2.75, 3.05) is 11.4 Å². The van der Waals surface area contributed by atoms with Crippen LogP contribution in [0, 0.1) is 0 Å². The van der Waals surface area contributed by atoms with E-state index in [1.165, 1.54) is 11.1 Å². The second-order valence-electron chi connectivity index (χ2n) is 7.83. The summed E-state index contributed by atoms with van der Waals surface area (Å²) in [5, 5.41) is 4.25. The van der Waals surface area contributed by atoms with Gasteiger partial charge in [-0.3, -0.25) is 4.79 Å². The summed E-state index contributed by atoms with van der Waals surface area (Å²) in [5.41, 5.74) is 3.30. The fourth-order valence-corrected chi connectivity index (χ4v) is 4.14. The van der Waals surface area contributed by atoms with Crippen LogP contribution in [0.25, 0.3) is 0 Å². The highest BCUT2D eigenvalue weighted by Crippen LogP contribution is 2.53. The lowest BCUT2D eigenvalue weighted by atomic mass is 9.96. The van der Waals surface area contributed by atoms with E-state index in [0.29, 0.717) is 24.7 Å². The van der Waals surface area contributed by atoms with Crippen molar-refractivity contribution in [3.8, 4) is 0 Å². The Morgan fingerprint density at radius 1 is 1.11 bits per heavy atom. The molecule has 0 spiro atoms. The number of hydrogen-bond acceptors (Lipinski definition) is 4. The first-order valence-electron chi connectivity index (χ1n) is 9.98. The molecular formula is C23H23N3O2. The molecule has 1 atom stereocenters. The van der Waals surface area contributed by atoms with Crippen LogP contribution in [0.15, 0.2) is 59.1 Å². The summed E-state index contributed by atoms with van der Waals surface area (Å²) in [6, 6.07) is 18.6. The predicted octanol–water partition coefficient (Wildman–Crippen LogP) is 4.23. The van der Waals surface area contributed by atoms with E-state index in [1.54, 1.807) is 0 Å². The monoisotopic (exact) mass is 373 g/mol. The lowest BCUT2D eigenvalue weighted by molar-refractivity contribution is -0.117.